The van der Waals surface area contributed by atoms with Crippen molar-refractivity contribution in [1.29, 1.82) is 0 Å². The van der Waals surface area contributed by atoms with E-state index in [9.17, 15) is 4.79 Å². The molecule has 0 aliphatic carbocycles. The highest BCUT2D eigenvalue weighted by Crippen LogP contribution is 2.25. The maximum absolute atomic E-state index is 11.9. The van der Waals surface area contributed by atoms with Gasteiger partial charge in [-0.3, -0.25) is 4.79 Å². The van der Waals surface area contributed by atoms with Crippen molar-refractivity contribution in [2.75, 3.05) is 51.8 Å². The molecular weight excluding hydrogens is 282 g/mol. The van der Waals surface area contributed by atoms with Gasteiger partial charge in [0, 0.05) is 32.8 Å². The first kappa shape index (κ1) is 16.9. The van der Waals surface area contributed by atoms with Gasteiger partial charge in [0.1, 0.15) is 5.82 Å². The number of ether oxygens (including phenoxy) is 1. The highest BCUT2D eigenvalue weighted by atomic mass is 16.5. The summed E-state index contributed by atoms with van der Waals surface area (Å²) in [6.07, 6.45) is 3.90. The van der Waals surface area contributed by atoms with Gasteiger partial charge in [0.2, 0.25) is 5.91 Å². The van der Waals surface area contributed by atoms with Crippen LogP contribution < -0.4 is 10.6 Å². The lowest BCUT2D eigenvalue weighted by atomic mass is 10.1. The molecule has 0 atom stereocenters. The first-order valence-corrected chi connectivity index (χ1v) is 8.00. The summed E-state index contributed by atoms with van der Waals surface area (Å²) in [4.78, 5) is 14.4. The van der Waals surface area contributed by atoms with Gasteiger partial charge in [0.25, 0.3) is 0 Å². The van der Waals surface area contributed by atoms with Crippen LogP contribution in [0.25, 0.3) is 0 Å². The largest absolute Gasteiger partial charge is 0.383 e. The summed E-state index contributed by atoms with van der Waals surface area (Å²) in [5.74, 6) is 0.734. The molecule has 0 bridgehead atoms. The number of nitrogens with one attached hydrogen (secondary N) is 2. The van der Waals surface area contributed by atoms with E-state index < -0.39 is 0 Å². The Labute approximate surface area is 132 Å². The zero-order valence-electron chi connectivity index (χ0n) is 13.5. The third kappa shape index (κ3) is 4.79. The van der Waals surface area contributed by atoms with Crippen molar-refractivity contribution < 1.29 is 9.53 Å². The van der Waals surface area contributed by atoms with Crippen LogP contribution in [-0.4, -0.2) is 67.0 Å². The molecule has 124 valence electrons. The Morgan fingerprint density at radius 1 is 1.45 bits per heavy atom. The van der Waals surface area contributed by atoms with E-state index in [1.807, 2.05) is 10.7 Å². The quantitative estimate of drug-likeness (QED) is 0.692. The highest BCUT2D eigenvalue weighted by Gasteiger charge is 2.22. The molecule has 1 aromatic heterocycles. The fraction of sp³-hybridized carbons (Fsp3) is 0.733. The summed E-state index contributed by atoms with van der Waals surface area (Å²) >= 11 is 0. The standard InChI is InChI=1S/C15H27N5O2/c1-3-19-9-5-13(6-10-19)20-14(4-7-17-20)18-15(21)12-16-8-11-22-2/h4,7,13,16H,3,5-6,8-12H2,1-2H3,(H,18,21). The van der Waals surface area contributed by atoms with E-state index in [1.165, 1.54) is 0 Å². The Hall–Kier alpha value is -1.44. The summed E-state index contributed by atoms with van der Waals surface area (Å²) in [5.41, 5.74) is 0. The average Bonchev–Trinajstić information content (AvgIpc) is 2.99. The number of likely N-dealkylation sites (tertiary alicyclic amines) is 1. The van der Waals surface area contributed by atoms with E-state index in [0.29, 0.717) is 19.2 Å². The van der Waals surface area contributed by atoms with Gasteiger partial charge in [-0.05, 0) is 19.4 Å². The van der Waals surface area contributed by atoms with Crippen LogP contribution in [0.15, 0.2) is 12.3 Å². The van der Waals surface area contributed by atoms with Crippen molar-refractivity contribution in [3.05, 3.63) is 12.3 Å². The van der Waals surface area contributed by atoms with Crippen molar-refractivity contribution >= 4 is 11.7 Å². The lowest BCUT2D eigenvalue weighted by molar-refractivity contribution is -0.115. The number of hydrogen-bond acceptors (Lipinski definition) is 5. The Balaban J connectivity index is 1.83. The average molecular weight is 309 g/mol. The number of carbonyl (C=O) groups excluding carboxylic acids is 1. The van der Waals surface area contributed by atoms with Crippen LogP contribution >= 0.6 is 0 Å². The van der Waals surface area contributed by atoms with E-state index in [4.69, 9.17) is 4.74 Å². The molecule has 1 aromatic rings. The number of piperidine rings is 1. The number of hydrogen-bond donors (Lipinski definition) is 2. The van der Waals surface area contributed by atoms with E-state index >= 15 is 0 Å². The molecule has 0 radical (unpaired) electrons. The van der Waals surface area contributed by atoms with E-state index in [0.717, 1.165) is 38.3 Å². The zero-order chi connectivity index (χ0) is 15.8. The molecule has 1 aliphatic rings. The van der Waals surface area contributed by atoms with E-state index in [1.54, 1.807) is 13.3 Å². The predicted octanol–water partition coefficient (Wildman–Crippen LogP) is 0.714. The Morgan fingerprint density at radius 3 is 2.91 bits per heavy atom. The van der Waals surface area contributed by atoms with Gasteiger partial charge in [-0.25, -0.2) is 4.68 Å². The van der Waals surface area contributed by atoms with Crippen LogP contribution in [0.4, 0.5) is 5.82 Å². The van der Waals surface area contributed by atoms with Crippen molar-refractivity contribution in [3.63, 3.8) is 0 Å². The van der Waals surface area contributed by atoms with Gasteiger partial charge < -0.3 is 20.3 Å². The van der Waals surface area contributed by atoms with Crippen molar-refractivity contribution in [3.8, 4) is 0 Å². The SMILES string of the molecule is CCN1CCC(n2nccc2NC(=O)CNCCOC)CC1. The van der Waals surface area contributed by atoms with Gasteiger partial charge in [0.05, 0.1) is 25.4 Å². The van der Waals surface area contributed by atoms with Crippen molar-refractivity contribution in [1.82, 2.24) is 20.0 Å². The van der Waals surface area contributed by atoms with Crippen LogP contribution in [0.2, 0.25) is 0 Å². The van der Waals surface area contributed by atoms with Crippen molar-refractivity contribution in [2.45, 2.75) is 25.8 Å². The third-order valence-corrected chi connectivity index (χ3v) is 4.06. The van der Waals surface area contributed by atoms with E-state index in [-0.39, 0.29) is 12.5 Å². The van der Waals surface area contributed by atoms with E-state index in [2.05, 4.69) is 27.6 Å². The Kier molecular flexibility index (Phi) is 6.82. The number of nitrogens with zero attached hydrogens (tertiary/aromatic N) is 3. The molecule has 1 fully saturated rings. The Bertz CT molecular complexity index is 455. The van der Waals surface area contributed by atoms with Gasteiger partial charge in [-0.2, -0.15) is 5.10 Å². The molecule has 2 heterocycles. The summed E-state index contributed by atoms with van der Waals surface area (Å²) in [6, 6.07) is 2.23. The normalized spacial score (nSPS) is 16.8. The number of methoxy groups -OCH3 is 1. The molecule has 0 saturated carbocycles. The molecule has 2 N–H and O–H groups in total. The fourth-order valence-electron chi connectivity index (χ4n) is 2.75. The Morgan fingerprint density at radius 2 is 2.23 bits per heavy atom. The molecule has 7 heteroatoms. The molecule has 7 nitrogen and oxygen atoms in total. The molecule has 22 heavy (non-hydrogen) atoms. The maximum atomic E-state index is 11.9. The minimum atomic E-state index is -0.0520. The second-order valence-corrected chi connectivity index (χ2v) is 5.54. The first-order valence-electron chi connectivity index (χ1n) is 8.00. The van der Waals surface area contributed by atoms with Gasteiger partial charge in [-0.15, -0.1) is 0 Å². The molecule has 0 spiro atoms. The van der Waals surface area contributed by atoms with Crippen LogP contribution in [0.5, 0.6) is 0 Å². The smallest absolute Gasteiger partial charge is 0.239 e. The van der Waals surface area contributed by atoms with Crippen LogP contribution in [0.3, 0.4) is 0 Å². The molecular formula is C15H27N5O2. The molecule has 1 aliphatic heterocycles. The maximum Gasteiger partial charge on any atom is 0.239 e. The summed E-state index contributed by atoms with van der Waals surface area (Å²) in [7, 11) is 1.64. The number of anilines is 1. The first-order chi connectivity index (χ1) is 10.7. The summed E-state index contributed by atoms with van der Waals surface area (Å²) in [5, 5.41) is 10.4. The van der Waals surface area contributed by atoms with Crippen molar-refractivity contribution in [2.24, 2.45) is 0 Å². The molecule has 0 unspecified atom stereocenters. The second-order valence-electron chi connectivity index (χ2n) is 5.54. The minimum Gasteiger partial charge on any atom is -0.383 e. The summed E-state index contributed by atoms with van der Waals surface area (Å²) < 4.78 is 6.89. The highest BCUT2D eigenvalue weighted by molar-refractivity contribution is 5.91. The summed E-state index contributed by atoms with van der Waals surface area (Å²) in [6.45, 7) is 7.02. The third-order valence-electron chi connectivity index (χ3n) is 4.06. The number of aromatic nitrogens is 2. The molecule has 0 aromatic carbocycles. The topological polar surface area (TPSA) is 71.4 Å². The van der Waals surface area contributed by atoms with Gasteiger partial charge in [0.15, 0.2) is 0 Å². The van der Waals surface area contributed by atoms with Gasteiger partial charge >= 0.3 is 0 Å². The number of amides is 1. The number of rotatable bonds is 8. The fourth-order valence-corrected chi connectivity index (χ4v) is 2.75. The second kappa shape index (κ2) is 8.87. The lowest BCUT2D eigenvalue weighted by Crippen LogP contribution is -2.35. The van der Waals surface area contributed by atoms with Crippen LogP contribution in [0.1, 0.15) is 25.8 Å². The zero-order valence-corrected chi connectivity index (χ0v) is 13.5. The molecule has 1 saturated heterocycles. The predicted molar refractivity (Wildman–Crippen MR) is 86.0 cm³/mol. The molecule has 1 amide bonds. The number of carbonyl (C=O) groups is 1. The van der Waals surface area contributed by atoms with Crippen LogP contribution in [-0.2, 0) is 9.53 Å². The molecule has 2 rings (SSSR count). The minimum absolute atomic E-state index is 0.0520. The van der Waals surface area contributed by atoms with Crippen LogP contribution in [0, 0.1) is 0 Å². The monoisotopic (exact) mass is 309 g/mol. The lowest BCUT2D eigenvalue weighted by Gasteiger charge is -2.31. The van der Waals surface area contributed by atoms with Gasteiger partial charge in [-0.1, -0.05) is 6.92 Å².